The van der Waals surface area contributed by atoms with E-state index in [2.05, 4.69) is 10.1 Å². The summed E-state index contributed by atoms with van der Waals surface area (Å²) >= 11 is 0. The van der Waals surface area contributed by atoms with Crippen molar-refractivity contribution in [1.29, 1.82) is 0 Å². The van der Waals surface area contributed by atoms with Gasteiger partial charge in [0.25, 0.3) is 0 Å². The van der Waals surface area contributed by atoms with Crippen LogP contribution in [0, 0.1) is 0 Å². The highest BCUT2D eigenvalue weighted by Crippen LogP contribution is 2.15. The zero-order valence-electron chi connectivity index (χ0n) is 9.07. The first kappa shape index (κ1) is 11.9. The molecule has 0 bridgehead atoms. The standard InChI is InChI=1S/C11H12N2O3S/c14-6-7-17(15)8-10-12-11(13-16-10)9-4-2-1-3-5-9/h1-5,14H,6-8H2. The van der Waals surface area contributed by atoms with E-state index in [0.29, 0.717) is 11.7 Å². The van der Waals surface area contributed by atoms with E-state index in [9.17, 15) is 4.21 Å². The molecule has 90 valence electrons. The third-order valence-electron chi connectivity index (χ3n) is 2.10. The molecule has 1 unspecified atom stereocenters. The molecule has 1 heterocycles. The molecule has 5 nitrogen and oxygen atoms in total. The number of benzene rings is 1. The van der Waals surface area contributed by atoms with Crippen molar-refractivity contribution in [3.05, 3.63) is 36.2 Å². The van der Waals surface area contributed by atoms with Gasteiger partial charge in [-0.05, 0) is 0 Å². The topological polar surface area (TPSA) is 76.2 Å². The highest BCUT2D eigenvalue weighted by atomic mass is 32.2. The second-order valence-electron chi connectivity index (χ2n) is 3.39. The van der Waals surface area contributed by atoms with Crippen LogP contribution >= 0.6 is 0 Å². The first-order valence-electron chi connectivity index (χ1n) is 5.13. The lowest BCUT2D eigenvalue weighted by molar-refractivity contribution is 0.321. The fraction of sp³-hybridized carbons (Fsp3) is 0.273. The van der Waals surface area contributed by atoms with Gasteiger partial charge in [0, 0.05) is 22.1 Å². The van der Waals surface area contributed by atoms with Crippen molar-refractivity contribution in [2.75, 3.05) is 12.4 Å². The lowest BCUT2D eigenvalue weighted by atomic mass is 10.2. The van der Waals surface area contributed by atoms with Crippen LogP contribution in [0.3, 0.4) is 0 Å². The molecule has 0 fully saturated rings. The lowest BCUT2D eigenvalue weighted by Crippen LogP contribution is -2.04. The molecule has 0 amide bonds. The number of hydrogen-bond donors (Lipinski definition) is 1. The van der Waals surface area contributed by atoms with Gasteiger partial charge in [0.05, 0.1) is 6.61 Å². The minimum Gasteiger partial charge on any atom is -0.395 e. The lowest BCUT2D eigenvalue weighted by Gasteiger charge is -1.93. The zero-order valence-corrected chi connectivity index (χ0v) is 9.89. The van der Waals surface area contributed by atoms with E-state index in [0.717, 1.165) is 5.56 Å². The molecular weight excluding hydrogens is 240 g/mol. The third-order valence-corrected chi connectivity index (χ3v) is 3.31. The fourth-order valence-corrected chi connectivity index (χ4v) is 2.07. The highest BCUT2D eigenvalue weighted by molar-refractivity contribution is 7.84. The molecule has 0 saturated carbocycles. The van der Waals surface area contributed by atoms with Crippen LogP contribution in [-0.4, -0.2) is 31.8 Å². The Bertz CT molecular complexity index is 498. The molecule has 2 aromatic rings. The molecule has 1 aromatic carbocycles. The van der Waals surface area contributed by atoms with Gasteiger partial charge in [0.2, 0.25) is 11.7 Å². The molecule has 0 saturated heterocycles. The Morgan fingerprint density at radius 2 is 2.06 bits per heavy atom. The Morgan fingerprint density at radius 3 is 2.76 bits per heavy atom. The van der Waals surface area contributed by atoms with Crippen LogP contribution in [0.1, 0.15) is 5.89 Å². The molecule has 0 aliphatic carbocycles. The maximum atomic E-state index is 11.4. The normalized spacial score (nSPS) is 12.5. The fourth-order valence-electron chi connectivity index (χ4n) is 1.33. The van der Waals surface area contributed by atoms with Crippen molar-refractivity contribution >= 4 is 10.8 Å². The number of nitrogens with zero attached hydrogens (tertiary/aromatic N) is 2. The van der Waals surface area contributed by atoms with Crippen LogP contribution in [0.5, 0.6) is 0 Å². The summed E-state index contributed by atoms with van der Waals surface area (Å²) in [5.74, 6) is 1.22. The number of rotatable bonds is 5. The summed E-state index contributed by atoms with van der Waals surface area (Å²) in [6, 6.07) is 9.42. The van der Waals surface area contributed by atoms with Gasteiger partial charge in [-0.15, -0.1) is 0 Å². The van der Waals surface area contributed by atoms with Crippen LogP contribution in [0.15, 0.2) is 34.9 Å². The van der Waals surface area contributed by atoms with Gasteiger partial charge in [-0.2, -0.15) is 4.98 Å². The average Bonchev–Trinajstić information content (AvgIpc) is 2.79. The maximum Gasteiger partial charge on any atom is 0.239 e. The van der Waals surface area contributed by atoms with E-state index < -0.39 is 10.8 Å². The van der Waals surface area contributed by atoms with Gasteiger partial charge in [-0.1, -0.05) is 35.5 Å². The Balaban J connectivity index is 2.09. The van der Waals surface area contributed by atoms with Crippen molar-refractivity contribution in [2.45, 2.75) is 5.75 Å². The predicted molar refractivity (Wildman–Crippen MR) is 63.5 cm³/mol. The van der Waals surface area contributed by atoms with E-state index >= 15 is 0 Å². The van der Waals surface area contributed by atoms with Gasteiger partial charge >= 0.3 is 0 Å². The second kappa shape index (κ2) is 5.70. The third kappa shape index (κ3) is 3.21. The van der Waals surface area contributed by atoms with E-state index in [4.69, 9.17) is 9.63 Å². The summed E-state index contributed by atoms with van der Waals surface area (Å²) in [6.07, 6.45) is 0. The first-order valence-corrected chi connectivity index (χ1v) is 6.62. The molecule has 0 spiro atoms. The molecule has 2 rings (SSSR count). The molecular formula is C11H12N2O3S. The summed E-state index contributed by atoms with van der Waals surface area (Å²) in [6.45, 7) is -0.105. The first-order chi connectivity index (χ1) is 8.29. The van der Waals surface area contributed by atoms with Crippen LogP contribution < -0.4 is 0 Å². The molecule has 1 aromatic heterocycles. The second-order valence-corrected chi connectivity index (χ2v) is 4.97. The number of aliphatic hydroxyl groups excluding tert-OH is 1. The Morgan fingerprint density at radius 1 is 1.29 bits per heavy atom. The summed E-state index contributed by atoms with van der Waals surface area (Å²) in [5, 5.41) is 12.5. The Labute approximate surface area is 101 Å². The van der Waals surface area contributed by atoms with Crippen molar-refractivity contribution in [1.82, 2.24) is 10.1 Å². The van der Waals surface area contributed by atoms with Crippen molar-refractivity contribution in [2.24, 2.45) is 0 Å². The van der Waals surface area contributed by atoms with Gasteiger partial charge < -0.3 is 9.63 Å². The Kier molecular flexibility index (Phi) is 4.00. The maximum absolute atomic E-state index is 11.4. The molecule has 0 radical (unpaired) electrons. The molecule has 17 heavy (non-hydrogen) atoms. The molecule has 0 aliphatic heterocycles. The summed E-state index contributed by atoms with van der Waals surface area (Å²) in [5.41, 5.74) is 0.857. The minimum absolute atomic E-state index is 0.105. The largest absolute Gasteiger partial charge is 0.395 e. The van der Waals surface area contributed by atoms with Crippen molar-refractivity contribution in [3.8, 4) is 11.4 Å². The van der Waals surface area contributed by atoms with Crippen molar-refractivity contribution in [3.63, 3.8) is 0 Å². The van der Waals surface area contributed by atoms with Gasteiger partial charge in [0.1, 0.15) is 5.75 Å². The van der Waals surface area contributed by atoms with Crippen LogP contribution in [0.4, 0.5) is 0 Å². The summed E-state index contributed by atoms with van der Waals surface area (Å²) in [4.78, 5) is 4.15. The van der Waals surface area contributed by atoms with Crippen LogP contribution in [0.2, 0.25) is 0 Å². The van der Waals surface area contributed by atoms with Gasteiger partial charge in [0.15, 0.2) is 0 Å². The molecule has 1 N–H and O–H groups in total. The van der Waals surface area contributed by atoms with E-state index in [1.807, 2.05) is 30.3 Å². The van der Waals surface area contributed by atoms with Gasteiger partial charge in [-0.3, -0.25) is 4.21 Å². The minimum atomic E-state index is -1.16. The number of aliphatic hydroxyl groups is 1. The van der Waals surface area contributed by atoms with Crippen LogP contribution in [0.25, 0.3) is 11.4 Å². The van der Waals surface area contributed by atoms with E-state index in [-0.39, 0.29) is 18.1 Å². The Hall–Kier alpha value is -1.53. The quantitative estimate of drug-likeness (QED) is 0.858. The zero-order chi connectivity index (χ0) is 12.1. The molecule has 6 heteroatoms. The summed E-state index contributed by atoms with van der Waals surface area (Å²) in [7, 11) is -1.16. The predicted octanol–water partition coefficient (Wildman–Crippen LogP) is 0.978. The SMILES string of the molecule is O=S(CCO)Cc1nc(-c2ccccc2)no1. The monoisotopic (exact) mass is 252 g/mol. The smallest absolute Gasteiger partial charge is 0.239 e. The van der Waals surface area contributed by atoms with E-state index in [1.165, 1.54) is 0 Å². The highest BCUT2D eigenvalue weighted by Gasteiger charge is 2.10. The number of hydrogen-bond acceptors (Lipinski definition) is 5. The summed E-state index contributed by atoms with van der Waals surface area (Å²) < 4.78 is 16.4. The molecule has 0 aliphatic rings. The average molecular weight is 252 g/mol. The van der Waals surface area contributed by atoms with Crippen LogP contribution in [-0.2, 0) is 16.6 Å². The van der Waals surface area contributed by atoms with E-state index in [1.54, 1.807) is 0 Å². The number of aromatic nitrogens is 2. The molecule has 1 atom stereocenters. The van der Waals surface area contributed by atoms with Crippen molar-refractivity contribution < 1.29 is 13.8 Å². The van der Waals surface area contributed by atoms with Gasteiger partial charge in [-0.25, -0.2) is 0 Å².